The normalized spacial score (nSPS) is 12.4. The highest BCUT2D eigenvalue weighted by molar-refractivity contribution is 14.0. The molecule has 1 atom stereocenters. The highest BCUT2D eigenvalue weighted by Crippen LogP contribution is 2.26. The minimum Gasteiger partial charge on any atom is -0.356 e. The van der Waals surface area contributed by atoms with Crippen molar-refractivity contribution in [3.05, 3.63) is 64.9 Å². The molecule has 5 nitrogen and oxygen atoms in total. The number of benzene rings is 1. The summed E-state index contributed by atoms with van der Waals surface area (Å²) in [6.07, 6.45) is 2.67. The lowest BCUT2D eigenvalue weighted by Crippen LogP contribution is -2.43. The second-order valence-electron chi connectivity index (χ2n) is 6.21. The van der Waals surface area contributed by atoms with Crippen molar-refractivity contribution in [2.45, 2.75) is 26.3 Å². The zero-order valence-electron chi connectivity index (χ0n) is 16.9. The maximum Gasteiger partial charge on any atom is 0.191 e. The van der Waals surface area contributed by atoms with Crippen LogP contribution in [0, 0.1) is 0 Å². The van der Waals surface area contributed by atoms with Crippen LogP contribution >= 0.6 is 35.6 Å². The number of likely N-dealkylation sites (N-methyl/N-ethyl adjacent to an activating group) is 1. The van der Waals surface area contributed by atoms with E-state index in [0.29, 0.717) is 0 Å². The van der Waals surface area contributed by atoms with E-state index in [1.807, 2.05) is 42.6 Å². The predicted molar refractivity (Wildman–Crippen MR) is 130 cm³/mol. The monoisotopic (exact) mass is 515 g/mol. The Morgan fingerprint density at radius 1 is 1.11 bits per heavy atom. The lowest BCUT2D eigenvalue weighted by molar-refractivity contribution is 0.219. The van der Waals surface area contributed by atoms with E-state index in [1.54, 1.807) is 7.05 Å². The van der Waals surface area contributed by atoms with Crippen molar-refractivity contribution < 1.29 is 0 Å². The van der Waals surface area contributed by atoms with Gasteiger partial charge in [-0.3, -0.25) is 14.9 Å². The molecule has 2 N–H and O–H groups in total. The van der Waals surface area contributed by atoms with Crippen LogP contribution in [0.25, 0.3) is 0 Å². The molecule has 1 aromatic heterocycles. The molecule has 0 spiro atoms. The zero-order chi connectivity index (χ0) is 19.5. The summed E-state index contributed by atoms with van der Waals surface area (Å²) < 4.78 is 0. The topological polar surface area (TPSA) is 52.5 Å². The summed E-state index contributed by atoms with van der Waals surface area (Å²) in [6, 6.07) is 14.2. The fraction of sp³-hybridized carbons (Fsp3) is 0.429. The lowest BCUT2D eigenvalue weighted by atomic mass is 10.0. The zero-order valence-corrected chi connectivity index (χ0v) is 19.9. The number of hydrogen-bond donors (Lipinski definition) is 2. The standard InChI is InChI=1S/C21H30ClN5.HI/c1-4-27(5-2)20(18-11-6-7-12-19(18)22)16-26-21(23-3)25-15-13-17-10-8-9-14-24-17;/h6-12,14,20H,4-5,13,15-16H2,1-3H3,(H2,23,25,26);1H. The quantitative estimate of drug-likeness (QED) is 0.299. The van der Waals surface area contributed by atoms with E-state index < -0.39 is 0 Å². The van der Waals surface area contributed by atoms with E-state index >= 15 is 0 Å². The van der Waals surface area contributed by atoms with Crippen molar-refractivity contribution in [3.8, 4) is 0 Å². The second-order valence-corrected chi connectivity index (χ2v) is 6.62. The molecule has 2 rings (SSSR count). The highest BCUT2D eigenvalue weighted by atomic mass is 127. The van der Waals surface area contributed by atoms with Gasteiger partial charge in [-0.25, -0.2) is 0 Å². The first kappa shape index (κ1) is 24.7. The van der Waals surface area contributed by atoms with Gasteiger partial charge < -0.3 is 10.6 Å². The first-order valence-electron chi connectivity index (χ1n) is 9.52. The predicted octanol–water partition coefficient (Wildman–Crippen LogP) is 4.14. The van der Waals surface area contributed by atoms with Gasteiger partial charge in [0.1, 0.15) is 0 Å². The van der Waals surface area contributed by atoms with Gasteiger partial charge in [0, 0.05) is 43.5 Å². The van der Waals surface area contributed by atoms with Gasteiger partial charge in [0.05, 0.1) is 6.04 Å². The third-order valence-electron chi connectivity index (χ3n) is 4.60. The Bertz CT molecular complexity index is 707. The molecule has 2 aromatic rings. The molecule has 1 heterocycles. The summed E-state index contributed by atoms with van der Waals surface area (Å²) >= 11 is 6.47. The van der Waals surface area contributed by atoms with Crippen LogP contribution in [0.1, 0.15) is 31.1 Å². The van der Waals surface area contributed by atoms with E-state index in [-0.39, 0.29) is 30.0 Å². The molecule has 1 aromatic carbocycles. The number of halogens is 2. The van der Waals surface area contributed by atoms with Crippen LogP contribution < -0.4 is 10.6 Å². The Balaban J connectivity index is 0.00000392. The van der Waals surface area contributed by atoms with E-state index in [4.69, 9.17) is 11.6 Å². The van der Waals surface area contributed by atoms with Gasteiger partial charge in [0.2, 0.25) is 0 Å². The van der Waals surface area contributed by atoms with Crippen LogP contribution in [-0.2, 0) is 6.42 Å². The van der Waals surface area contributed by atoms with E-state index in [1.165, 1.54) is 0 Å². The number of pyridine rings is 1. The largest absolute Gasteiger partial charge is 0.356 e. The number of aliphatic imine (C=N–C) groups is 1. The van der Waals surface area contributed by atoms with Crippen LogP contribution in [0.3, 0.4) is 0 Å². The van der Waals surface area contributed by atoms with Crippen molar-refractivity contribution in [1.82, 2.24) is 20.5 Å². The Morgan fingerprint density at radius 2 is 1.82 bits per heavy atom. The molecule has 0 radical (unpaired) electrons. The molecule has 7 heteroatoms. The molecule has 1 unspecified atom stereocenters. The number of rotatable bonds is 9. The van der Waals surface area contributed by atoms with Gasteiger partial charge in [0.25, 0.3) is 0 Å². The molecule has 0 bridgehead atoms. The maximum atomic E-state index is 6.47. The SMILES string of the molecule is CCN(CC)C(CNC(=NC)NCCc1ccccn1)c1ccccc1Cl.I. The Kier molecular flexibility index (Phi) is 12.1. The van der Waals surface area contributed by atoms with Gasteiger partial charge >= 0.3 is 0 Å². The second kappa shape index (κ2) is 13.7. The smallest absolute Gasteiger partial charge is 0.191 e. The lowest BCUT2D eigenvalue weighted by Gasteiger charge is -2.31. The summed E-state index contributed by atoms with van der Waals surface area (Å²) in [7, 11) is 1.79. The van der Waals surface area contributed by atoms with Crippen molar-refractivity contribution >= 4 is 41.5 Å². The summed E-state index contributed by atoms with van der Waals surface area (Å²) in [5.41, 5.74) is 2.21. The van der Waals surface area contributed by atoms with Crippen LogP contribution in [0.15, 0.2) is 53.7 Å². The molecule has 154 valence electrons. The third kappa shape index (κ3) is 7.56. The Labute approximate surface area is 191 Å². The number of nitrogens with zero attached hydrogens (tertiary/aromatic N) is 3. The van der Waals surface area contributed by atoms with Gasteiger partial charge in [-0.1, -0.05) is 49.7 Å². The summed E-state index contributed by atoms with van der Waals surface area (Å²) in [6.45, 7) is 7.77. The molecule has 28 heavy (non-hydrogen) atoms. The number of guanidine groups is 1. The van der Waals surface area contributed by atoms with Crippen LogP contribution in [0.5, 0.6) is 0 Å². The molecule has 0 saturated carbocycles. The van der Waals surface area contributed by atoms with Gasteiger partial charge in [-0.2, -0.15) is 0 Å². The molecule has 0 aliphatic heterocycles. The minimum absolute atomic E-state index is 0. The first-order valence-corrected chi connectivity index (χ1v) is 9.90. The Hall–Kier alpha value is -1.38. The molecule has 0 aliphatic carbocycles. The summed E-state index contributed by atoms with van der Waals surface area (Å²) in [4.78, 5) is 11.1. The van der Waals surface area contributed by atoms with Gasteiger partial charge in [-0.15, -0.1) is 24.0 Å². The van der Waals surface area contributed by atoms with Crippen molar-refractivity contribution in [2.24, 2.45) is 4.99 Å². The molecule has 0 amide bonds. The average molecular weight is 516 g/mol. The molecule has 0 aliphatic rings. The summed E-state index contributed by atoms with van der Waals surface area (Å²) in [5, 5.41) is 7.61. The third-order valence-corrected chi connectivity index (χ3v) is 4.95. The van der Waals surface area contributed by atoms with Gasteiger partial charge in [-0.05, 0) is 36.9 Å². The average Bonchev–Trinajstić information content (AvgIpc) is 2.71. The fourth-order valence-corrected chi connectivity index (χ4v) is 3.38. The molecular formula is C21H31ClIN5. The maximum absolute atomic E-state index is 6.47. The summed E-state index contributed by atoms with van der Waals surface area (Å²) in [5.74, 6) is 0.787. The molecular weight excluding hydrogens is 485 g/mol. The number of nitrogens with one attached hydrogen (secondary N) is 2. The van der Waals surface area contributed by atoms with Gasteiger partial charge in [0.15, 0.2) is 5.96 Å². The van der Waals surface area contributed by atoms with E-state index in [9.17, 15) is 0 Å². The number of aromatic nitrogens is 1. The van der Waals surface area contributed by atoms with Crippen LogP contribution in [0.2, 0.25) is 5.02 Å². The highest BCUT2D eigenvalue weighted by Gasteiger charge is 2.20. The van der Waals surface area contributed by atoms with E-state index in [2.05, 4.69) is 45.4 Å². The number of hydrogen-bond acceptors (Lipinski definition) is 3. The molecule has 0 fully saturated rings. The molecule has 0 saturated heterocycles. The first-order chi connectivity index (χ1) is 13.2. The van der Waals surface area contributed by atoms with Crippen LogP contribution in [-0.4, -0.2) is 49.1 Å². The Morgan fingerprint density at radius 3 is 2.43 bits per heavy atom. The van der Waals surface area contributed by atoms with Crippen molar-refractivity contribution in [2.75, 3.05) is 33.2 Å². The van der Waals surface area contributed by atoms with Crippen molar-refractivity contribution in [3.63, 3.8) is 0 Å². The van der Waals surface area contributed by atoms with Crippen molar-refractivity contribution in [1.29, 1.82) is 0 Å². The minimum atomic E-state index is 0. The fourth-order valence-electron chi connectivity index (χ4n) is 3.11. The van der Waals surface area contributed by atoms with E-state index in [0.717, 1.165) is 54.8 Å². The van der Waals surface area contributed by atoms with Crippen LogP contribution in [0.4, 0.5) is 0 Å².